The molecule has 68 valence electrons. The Kier molecular flexibility index (Phi) is 2.33. The molecular weight excluding hydrogens is 206 g/mol. The Balaban J connectivity index is 2.35. The maximum atomic E-state index is 5.64. The monoisotopic (exact) mass is 213 g/mol. The van der Waals surface area contributed by atoms with Crippen molar-refractivity contribution in [1.82, 2.24) is 14.5 Å². The van der Waals surface area contributed by atoms with E-state index >= 15 is 0 Å². The van der Waals surface area contributed by atoms with Crippen LogP contribution in [0.4, 0.5) is 0 Å². The highest BCUT2D eigenvalue weighted by molar-refractivity contribution is 7.12. The molecule has 0 aromatic carbocycles. The average Bonchev–Trinajstić information content (AvgIpc) is 2.71. The van der Waals surface area contributed by atoms with Gasteiger partial charge in [-0.25, -0.2) is 9.97 Å². The van der Waals surface area contributed by atoms with Gasteiger partial charge in [0.1, 0.15) is 6.33 Å². The predicted octanol–water partition coefficient (Wildman–Crippen LogP) is 2.38. The molecular formula is C8H8ClN3S. The van der Waals surface area contributed by atoms with Crippen LogP contribution in [0.2, 0.25) is 0 Å². The lowest BCUT2D eigenvalue weighted by Crippen LogP contribution is -1.88. The molecule has 5 heteroatoms. The van der Waals surface area contributed by atoms with Crippen molar-refractivity contribution in [2.75, 3.05) is 0 Å². The van der Waals surface area contributed by atoms with Crippen molar-refractivity contribution in [2.24, 2.45) is 0 Å². The predicted molar refractivity (Wildman–Crippen MR) is 53.5 cm³/mol. The second-order valence-corrected chi connectivity index (χ2v) is 3.78. The van der Waals surface area contributed by atoms with Crippen molar-refractivity contribution < 1.29 is 0 Å². The molecule has 3 nitrogen and oxygen atoms in total. The van der Waals surface area contributed by atoms with Crippen LogP contribution in [0.5, 0.6) is 0 Å². The molecule has 0 N–H and O–H groups in total. The van der Waals surface area contributed by atoms with Gasteiger partial charge >= 0.3 is 0 Å². The number of alkyl halides is 1. The number of nitrogens with zero attached hydrogens (tertiary/aromatic N) is 3. The molecule has 2 aromatic heterocycles. The van der Waals surface area contributed by atoms with Crippen LogP contribution in [0.1, 0.15) is 11.4 Å². The van der Waals surface area contributed by atoms with E-state index < -0.39 is 0 Å². The summed E-state index contributed by atoms with van der Waals surface area (Å²) in [7, 11) is 0. The number of aryl methyl sites for hydroxylation is 1. The summed E-state index contributed by atoms with van der Waals surface area (Å²) in [6.45, 7) is 1.97. The Morgan fingerprint density at radius 3 is 3.00 bits per heavy atom. The maximum Gasteiger partial charge on any atom is 0.195 e. The first-order valence-corrected chi connectivity index (χ1v) is 5.22. The van der Waals surface area contributed by atoms with Gasteiger partial charge in [0.15, 0.2) is 5.13 Å². The lowest BCUT2D eigenvalue weighted by Gasteiger charge is -1.91. The highest BCUT2D eigenvalue weighted by atomic mass is 35.5. The van der Waals surface area contributed by atoms with Crippen molar-refractivity contribution >= 4 is 22.9 Å². The second kappa shape index (κ2) is 3.47. The molecule has 2 aromatic rings. The zero-order valence-corrected chi connectivity index (χ0v) is 8.64. The van der Waals surface area contributed by atoms with Crippen LogP contribution in [-0.4, -0.2) is 14.5 Å². The molecule has 0 aliphatic carbocycles. The summed E-state index contributed by atoms with van der Waals surface area (Å²) >= 11 is 7.24. The Morgan fingerprint density at radius 2 is 2.46 bits per heavy atom. The standard InChI is InChI=1S/C8H8ClN3S/c1-6-4-13-8(11-6)12-3-7(2-9)10-5-12/h3-5H,2H2,1H3. The first kappa shape index (κ1) is 8.72. The zero-order chi connectivity index (χ0) is 9.26. The van der Waals surface area contributed by atoms with Crippen LogP contribution in [0.25, 0.3) is 5.13 Å². The van der Waals surface area contributed by atoms with Gasteiger partial charge in [-0.3, -0.25) is 4.57 Å². The molecule has 0 saturated heterocycles. The third-order valence-corrected chi connectivity index (χ3v) is 2.85. The quantitative estimate of drug-likeness (QED) is 0.718. The van der Waals surface area contributed by atoms with Crippen LogP contribution in [0.15, 0.2) is 17.9 Å². The van der Waals surface area contributed by atoms with E-state index in [9.17, 15) is 0 Å². The molecule has 0 aliphatic rings. The summed E-state index contributed by atoms with van der Waals surface area (Å²) in [5.74, 6) is 0.442. The summed E-state index contributed by atoms with van der Waals surface area (Å²) in [6.07, 6.45) is 3.63. The first-order valence-electron chi connectivity index (χ1n) is 3.81. The lowest BCUT2D eigenvalue weighted by atomic mass is 10.6. The van der Waals surface area contributed by atoms with Crippen LogP contribution in [0.3, 0.4) is 0 Å². The van der Waals surface area contributed by atoms with Gasteiger partial charge in [0.25, 0.3) is 0 Å². The third kappa shape index (κ3) is 1.73. The minimum absolute atomic E-state index is 0.442. The Bertz CT molecular complexity index is 407. The topological polar surface area (TPSA) is 30.7 Å². The normalized spacial score (nSPS) is 10.6. The van der Waals surface area contributed by atoms with Crippen molar-refractivity contribution in [3.05, 3.63) is 29.3 Å². The molecule has 0 unspecified atom stereocenters. The van der Waals surface area contributed by atoms with Crippen LogP contribution in [-0.2, 0) is 5.88 Å². The van der Waals surface area contributed by atoms with Crippen LogP contribution >= 0.6 is 22.9 Å². The molecule has 2 heterocycles. The molecule has 13 heavy (non-hydrogen) atoms. The van der Waals surface area contributed by atoms with Crippen LogP contribution < -0.4 is 0 Å². The number of halogens is 1. The molecule has 0 bridgehead atoms. The van der Waals surface area contributed by atoms with Gasteiger partial charge in [-0.15, -0.1) is 22.9 Å². The number of rotatable bonds is 2. The van der Waals surface area contributed by atoms with Crippen molar-refractivity contribution in [3.8, 4) is 5.13 Å². The fourth-order valence-corrected chi connectivity index (χ4v) is 1.88. The van der Waals surface area contributed by atoms with E-state index in [0.717, 1.165) is 16.5 Å². The minimum atomic E-state index is 0.442. The van der Waals surface area contributed by atoms with E-state index in [0.29, 0.717) is 5.88 Å². The molecule has 0 atom stereocenters. The van der Waals surface area contributed by atoms with E-state index in [2.05, 4.69) is 9.97 Å². The number of hydrogen-bond acceptors (Lipinski definition) is 3. The Hall–Kier alpha value is -0.870. The van der Waals surface area contributed by atoms with Crippen molar-refractivity contribution in [2.45, 2.75) is 12.8 Å². The van der Waals surface area contributed by atoms with E-state index in [1.807, 2.05) is 23.1 Å². The fraction of sp³-hybridized carbons (Fsp3) is 0.250. The summed E-state index contributed by atoms with van der Waals surface area (Å²) in [5, 5.41) is 2.94. The first-order chi connectivity index (χ1) is 6.29. The molecule has 0 radical (unpaired) electrons. The van der Waals surface area contributed by atoms with E-state index in [4.69, 9.17) is 11.6 Å². The molecule has 0 aliphatic heterocycles. The second-order valence-electron chi connectivity index (χ2n) is 2.68. The summed E-state index contributed by atoms with van der Waals surface area (Å²) in [6, 6.07) is 0. The van der Waals surface area contributed by atoms with Gasteiger partial charge in [0, 0.05) is 11.6 Å². The van der Waals surface area contributed by atoms with Gasteiger partial charge in [0.2, 0.25) is 0 Å². The molecule has 0 saturated carbocycles. The van der Waals surface area contributed by atoms with Gasteiger partial charge in [-0.2, -0.15) is 0 Å². The van der Waals surface area contributed by atoms with E-state index in [-0.39, 0.29) is 0 Å². The maximum absolute atomic E-state index is 5.64. The highest BCUT2D eigenvalue weighted by Crippen LogP contribution is 2.14. The zero-order valence-electron chi connectivity index (χ0n) is 7.07. The summed E-state index contributed by atoms with van der Waals surface area (Å²) in [4.78, 5) is 8.44. The summed E-state index contributed by atoms with van der Waals surface area (Å²) < 4.78 is 1.88. The SMILES string of the molecule is Cc1csc(-n2cnc(CCl)c2)n1. The number of hydrogen-bond donors (Lipinski definition) is 0. The van der Waals surface area contributed by atoms with Crippen molar-refractivity contribution in [3.63, 3.8) is 0 Å². The lowest BCUT2D eigenvalue weighted by molar-refractivity contribution is 1.02. The van der Waals surface area contributed by atoms with Gasteiger partial charge in [-0.1, -0.05) is 0 Å². The highest BCUT2D eigenvalue weighted by Gasteiger charge is 2.02. The fourth-order valence-electron chi connectivity index (χ4n) is 0.997. The average molecular weight is 214 g/mol. The number of aromatic nitrogens is 3. The van der Waals surface area contributed by atoms with Gasteiger partial charge < -0.3 is 0 Å². The Morgan fingerprint density at radius 1 is 1.62 bits per heavy atom. The summed E-state index contributed by atoms with van der Waals surface area (Å²) in [5.41, 5.74) is 1.90. The molecule has 0 spiro atoms. The number of thiazole rings is 1. The molecule has 2 rings (SSSR count). The smallest absolute Gasteiger partial charge is 0.195 e. The van der Waals surface area contributed by atoms with E-state index in [1.165, 1.54) is 0 Å². The minimum Gasteiger partial charge on any atom is -0.281 e. The molecule has 0 fully saturated rings. The van der Waals surface area contributed by atoms with Gasteiger partial charge in [0.05, 0.1) is 17.3 Å². The van der Waals surface area contributed by atoms with Gasteiger partial charge in [-0.05, 0) is 6.92 Å². The molecule has 0 amide bonds. The Labute approximate surface area is 85.0 Å². The largest absolute Gasteiger partial charge is 0.281 e. The van der Waals surface area contributed by atoms with Crippen molar-refractivity contribution in [1.29, 1.82) is 0 Å². The third-order valence-electron chi connectivity index (χ3n) is 1.60. The van der Waals surface area contributed by atoms with Crippen LogP contribution in [0, 0.1) is 6.92 Å². The number of imidazole rings is 1. The van der Waals surface area contributed by atoms with E-state index in [1.54, 1.807) is 17.7 Å².